The molecule has 0 atom stereocenters. The van der Waals surface area contributed by atoms with Crippen molar-refractivity contribution in [2.24, 2.45) is 4.99 Å². The molecule has 5 heteroatoms. The fourth-order valence-electron chi connectivity index (χ4n) is 3.61. The molecular formula is C25H19BrN2O2. The molecule has 5 rings (SSSR count). The second-order valence-electron chi connectivity index (χ2n) is 7.05. The third kappa shape index (κ3) is 3.53. The van der Waals surface area contributed by atoms with Gasteiger partial charge < -0.3 is 14.8 Å². The molecule has 30 heavy (non-hydrogen) atoms. The van der Waals surface area contributed by atoms with Gasteiger partial charge in [-0.3, -0.25) is 0 Å². The summed E-state index contributed by atoms with van der Waals surface area (Å²) in [6.45, 7) is 0.470. The number of rotatable bonds is 5. The SMILES string of the molecule is COc1cc(C2=Nc3cccc4cccc(c34)N2)ccc1OCc1ccc(Br)cc1. The molecule has 0 saturated carbocycles. The van der Waals surface area contributed by atoms with Crippen LogP contribution in [0, 0.1) is 0 Å². The molecule has 0 saturated heterocycles. The first-order valence-corrected chi connectivity index (χ1v) is 10.4. The van der Waals surface area contributed by atoms with Crippen LogP contribution in [-0.4, -0.2) is 12.9 Å². The molecule has 1 heterocycles. The quantitative estimate of drug-likeness (QED) is 0.362. The van der Waals surface area contributed by atoms with E-state index >= 15 is 0 Å². The maximum absolute atomic E-state index is 6.00. The normalized spacial score (nSPS) is 12.3. The van der Waals surface area contributed by atoms with Gasteiger partial charge in [0.15, 0.2) is 11.5 Å². The number of hydrogen-bond donors (Lipinski definition) is 1. The van der Waals surface area contributed by atoms with Crippen LogP contribution >= 0.6 is 15.9 Å². The first kappa shape index (κ1) is 18.7. The van der Waals surface area contributed by atoms with Crippen LogP contribution in [0.4, 0.5) is 11.4 Å². The summed E-state index contributed by atoms with van der Waals surface area (Å²) in [6, 6.07) is 26.4. The Labute approximate surface area is 183 Å². The monoisotopic (exact) mass is 458 g/mol. The molecule has 1 aliphatic heterocycles. The molecule has 148 valence electrons. The predicted octanol–water partition coefficient (Wildman–Crippen LogP) is 6.69. The lowest BCUT2D eigenvalue weighted by Crippen LogP contribution is -2.16. The van der Waals surface area contributed by atoms with Crippen molar-refractivity contribution in [2.45, 2.75) is 6.61 Å². The van der Waals surface area contributed by atoms with Crippen molar-refractivity contribution in [2.75, 3.05) is 12.4 Å². The van der Waals surface area contributed by atoms with Crippen LogP contribution < -0.4 is 14.8 Å². The van der Waals surface area contributed by atoms with Crippen molar-refractivity contribution < 1.29 is 9.47 Å². The van der Waals surface area contributed by atoms with Gasteiger partial charge in [-0.25, -0.2) is 4.99 Å². The Kier molecular flexibility index (Phi) is 4.89. The maximum Gasteiger partial charge on any atom is 0.161 e. The van der Waals surface area contributed by atoms with E-state index in [1.54, 1.807) is 7.11 Å². The molecule has 4 nitrogen and oxygen atoms in total. The lowest BCUT2D eigenvalue weighted by atomic mass is 10.0. The Hall–Kier alpha value is -3.31. The van der Waals surface area contributed by atoms with E-state index in [2.05, 4.69) is 45.5 Å². The molecule has 0 amide bonds. The Bertz CT molecular complexity index is 1260. The van der Waals surface area contributed by atoms with Crippen molar-refractivity contribution >= 4 is 43.9 Å². The van der Waals surface area contributed by atoms with Crippen molar-refractivity contribution in [1.82, 2.24) is 0 Å². The Morgan fingerprint density at radius 3 is 2.50 bits per heavy atom. The standard InChI is InChI=1S/C25H19BrN2O2/c1-29-23-14-18(10-13-22(23)30-15-16-8-11-19(26)12-9-16)25-27-20-6-2-4-17-5-3-7-21(28-25)24(17)20/h2-14H,15H2,1H3,(H,27,28). The second kappa shape index (κ2) is 7.84. The lowest BCUT2D eigenvalue weighted by molar-refractivity contribution is 0.284. The summed E-state index contributed by atoms with van der Waals surface area (Å²) in [7, 11) is 1.65. The van der Waals surface area contributed by atoms with Crippen LogP contribution in [0.5, 0.6) is 11.5 Å². The summed E-state index contributed by atoms with van der Waals surface area (Å²) in [5.74, 6) is 2.16. The highest BCUT2D eigenvalue weighted by Gasteiger charge is 2.17. The van der Waals surface area contributed by atoms with Crippen LogP contribution in [0.15, 0.2) is 88.3 Å². The van der Waals surface area contributed by atoms with E-state index < -0.39 is 0 Å². The van der Waals surface area contributed by atoms with Gasteiger partial charge in [-0.05, 0) is 53.4 Å². The van der Waals surface area contributed by atoms with E-state index in [1.807, 2.05) is 54.6 Å². The van der Waals surface area contributed by atoms with Gasteiger partial charge >= 0.3 is 0 Å². The van der Waals surface area contributed by atoms with Gasteiger partial charge in [-0.1, -0.05) is 52.3 Å². The van der Waals surface area contributed by atoms with Crippen molar-refractivity contribution in [3.8, 4) is 11.5 Å². The average Bonchev–Trinajstić information content (AvgIpc) is 2.79. The van der Waals surface area contributed by atoms with E-state index in [4.69, 9.17) is 14.5 Å². The summed E-state index contributed by atoms with van der Waals surface area (Å²) in [5.41, 5.74) is 4.05. The number of benzene rings is 4. The summed E-state index contributed by atoms with van der Waals surface area (Å²) in [4.78, 5) is 4.85. The van der Waals surface area contributed by atoms with Gasteiger partial charge in [0.2, 0.25) is 0 Å². The molecule has 0 radical (unpaired) electrons. The number of nitrogens with one attached hydrogen (secondary N) is 1. The van der Waals surface area contributed by atoms with Crippen molar-refractivity contribution in [3.05, 3.63) is 94.5 Å². The average molecular weight is 459 g/mol. The molecule has 4 aromatic carbocycles. The zero-order chi connectivity index (χ0) is 20.5. The highest BCUT2D eigenvalue weighted by atomic mass is 79.9. The molecule has 1 aliphatic rings. The number of aliphatic imine (C=N–C) groups is 1. The van der Waals surface area contributed by atoms with Crippen LogP contribution in [0.1, 0.15) is 11.1 Å². The maximum atomic E-state index is 6.00. The van der Waals surface area contributed by atoms with E-state index in [-0.39, 0.29) is 0 Å². The van der Waals surface area contributed by atoms with Crippen LogP contribution in [0.3, 0.4) is 0 Å². The predicted molar refractivity (Wildman–Crippen MR) is 125 cm³/mol. The third-order valence-corrected chi connectivity index (χ3v) is 5.64. The summed E-state index contributed by atoms with van der Waals surface area (Å²) >= 11 is 3.45. The molecular weight excluding hydrogens is 440 g/mol. The number of hydrogen-bond acceptors (Lipinski definition) is 4. The van der Waals surface area contributed by atoms with Crippen LogP contribution in [-0.2, 0) is 6.61 Å². The zero-order valence-corrected chi connectivity index (χ0v) is 17.9. The third-order valence-electron chi connectivity index (χ3n) is 5.11. The molecule has 1 N–H and O–H groups in total. The van der Waals surface area contributed by atoms with E-state index in [9.17, 15) is 0 Å². The molecule has 0 aromatic heterocycles. The molecule has 0 bridgehead atoms. The van der Waals surface area contributed by atoms with Gasteiger partial charge in [0, 0.05) is 21.1 Å². The second-order valence-corrected chi connectivity index (χ2v) is 7.96. The first-order chi connectivity index (χ1) is 14.7. The van der Waals surface area contributed by atoms with Gasteiger partial charge in [-0.15, -0.1) is 0 Å². The van der Waals surface area contributed by atoms with Gasteiger partial charge in [0.1, 0.15) is 12.4 Å². The van der Waals surface area contributed by atoms with Crippen LogP contribution in [0.2, 0.25) is 0 Å². The lowest BCUT2D eigenvalue weighted by Gasteiger charge is -2.20. The minimum atomic E-state index is 0.470. The minimum Gasteiger partial charge on any atom is -0.493 e. The first-order valence-electron chi connectivity index (χ1n) is 9.64. The fourth-order valence-corrected chi connectivity index (χ4v) is 3.87. The molecule has 0 fully saturated rings. The Morgan fingerprint density at radius 1 is 0.900 bits per heavy atom. The molecule has 4 aromatic rings. The van der Waals surface area contributed by atoms with E-state index in [1.165, 1.54) is 5.39 Å². The van der Waals surface area contributed by atoms with Crippen LogP contribution in [0.25, 0.3) is 10.8 Å². The van der Waals surface area contributed by atoms with Gasteiger partial charge in [0.25, 0.3) is 0 Å². The molecule has 0 unspecified atom stereocenters. The summed E-state index contributed by atoms with van der Waals surface area (Å²) in [5, 5.41) is 5.78. The van der Waals surface area contributed by atoms with Gasteiger partial charge in [0.05, 0.1) is 12.8 Å². The van der Waals surface area contributed by atoms with E-state index in [0.717, 1.165) is 38.2 Å². The van der Waals surface area contributed by atoms with Gasteiger partial charge in [-0.2, -0.15) is 0 Å². The number of halogens is 1. The summed E-state index contributed by atoms with van der Waals surface area (Å²) < 4.78 is 12.6. The van der Waals surface area contributed by atoms with Crippen molar-refractivity contribution in [3.63, 3.8) is 0 Å². The topological polar surface area (TPSA) is 42.8 Å². The Balaban J connectivity index is 1.44. The number of amidine groups is 1. The molecule has 0 spiro atoms. The molecule has 0 aliphatic carbocycles. The smallest absolute Gasteiger partial charge is 0.161 e. The fraction of sp³-hybridized carbons (Fsp3) is 0.0800. The number of nitrogens with zero attached hydrogens (tertiary/aromatic N) is 1. The highest BCUT2D eigenvalue weighted by molar-refractivity contribution is 9.10. The number of anilines is 1. The minimum absolute atomic E-state index is 0.470. The zero-order valence-electron chi connectivity index (χ0n) is 16.4. The van der Waals surface area contributed by atoms with E-state index in [0.29, 0.717) is 18.1 Å². The number of ether oxygens (including phenoxy) is 2. The highest BCUT2D eigenvalue weighted by Crippen LogP contribution is 2.37. The Morgan fingerprint density at radius 2 is 1.70 bits per heavy atom. The largest absolute Gasteiger partial charge is 0.493 e. The summed E-state index contributed by atoms with van der Waals surface area (Å²) in [6.07, 6.45) is 0. The number of methoxy groups -OCH3 is 1. The van der Waals surface area contributed by atoms with Crippen molar-refractivity contribution in [1.29, 1.82) is 0 Å².